The molecule has 8 nitrogen and oxygen atoms in total. The zero-order valence-electron chi connectivity index (χ0n) is 8.94. The molecule has 16 heavy (non-hydrogen) atoms. The summed E-state index contributed by atoms with van der Waals surface area (Å²) < 4.78 is 43.0. The highest BCUT2D eigenvalue weighted by Gasteiger charge is 2.25. The van der Waals surface area contributed by atoms with Gasteiger partial charge in [0.1, 0.15) is 12.2 Å². The Morgan fingerprint density at radius 2 is 1.94 bits per heavy atom. The maximum Gasteiger partial charge on any atom is 0.397 e. The topological polar surface area (TPSA) is 123 Å². The number of ether oxygens (including phenoxy) is 2. The van der Waals surface area contributed by atoms with E-state index in [2.05, 4.69) is 4.18 Å². The van der Waals surface area contributed by atoms with E-state index in [1.807, 2.05) is 0 Å². The Morgan fingerprint density at radius 1 is 1.38 bits per heavy atom. The van der Waals surface area contributed by atoms with Gasteiger partial charge >= 0.3 is 10.4 Å². The quantitative estimate of drug-likeness (QED) is 0.357. The Morgan fingerprint density at radius 3 is 2.31 bits per heavy atom. The molecule has 0 aromatic heterocycles. The fraction of sp³-hybridized carbons (Fsp3) is 1.00. The highest BCUT2D eigenvalue weighted by atomic mass is 32.3. The lowest BCUT2D eigenvalue weighted by Gasteiger charge is -2.21. The molecule has 0 aliphatic heterocycles. The van der Waals surface area contributed by atoms with Crippen LogP contribution in [0.5, 0.6) is 0 Å². The van der Waals surface area contributed by atoms with E-state index in [4.69, 9.17) is 19.1 Å². The molecule has 98 valence electrons. The first kappa shape index (κ1) is 15.7. The Kier molecular flexibility index (Phi) is 6.99. The van der Waals surface area contributed by atoms with Crippen LogP contribution in [0.2, 0.25) is 0 Å². The lowest BCUT2D eigenvalue weighted by atomic mass is 10.2. The van der Waals surface area contributed by atoms with E-state index in [0.717, 1.165) is 0 Å². The summed E-state index contributed by atoms with van der Waals surface area (Å²) in [7, 11) is -3.36. The number of hydrogen-bond acceptors (Lipinski definition) is 7. The molecule has 0 heterocycles. The second kappa shape index (κ2) is 7.12. The summed E-state index contributed by atoms with van der Waals surface area (Å²) in [4.78, 5) is 0. The van der Waals surface area contributed by atoms with Gasteiger partial charge in [-0.2, -0.15) is 8.42 Å². The molecular weight excluding hydrogens is 244 g/mol. The summed E-state index contributed by atoms with van der Waals surface area (Å²) in [6.07, 6.45) is -3.54. The summed E-state index contributed by atoms with van der Waals surface area (Å²) in [6, 6.07) is 0. The van der Waals surface area contributed by atoms with Crippen LogP contribution in [0.25, 0.3) is 0 Å². The standard InChI is InChI=1S/C7H16O8S/c1-5(13-2)14-4-7(6(9)3-8)15-16(10,11)12/h5-9H,3-4H2,1-2H3,(H,10,11,12)/t5?,6?,7-/m1/s1. The van der Waals surface area contributed by atoms with Crippen LogP contribution in [-0.2, 0) is 24.1 Å². The molecule has 0 bridgehead atoms. The van der Waals surface area contributed by atoms with Crippen LogP contribution >= 0.6 is 0 Å². The van der Waals surface area contributed by atoms with Gasteiger partial charge in [0.25, 0.3) is 0 Å². The van der Waals surface area contributed by atoms with Crippen LogP contribution in [0.15, 0.2) is 0 Å². The molecule has 0 aromatic rings. The third-order valence-corrected chi connectivity index (χ3v) is 2.18. The second-order valence-electron chi connectivity index (χ2n) is 2.95. The van der Waals surface area contributed by atoms with Gasteiger partial charge in [-0.15, -0.1) is 0 Å². The van der Waals surface area contributed by atoms with Crippen molar-refractivity contribution in [3.63, 3.8) is 0 Å². The molecule has 0 aliphatic carbocycles. The van der Waals surface area contributed by atoms with Gasteiger partial charge in [-0.25, -0.2) is 4.18 Å². The van der Waals surface area contributed by atoms with Crippen molar-refractivity contribution in [2.75, 3.05) is 20.3 Å². The summed E-state index contributed by atoms with van der Waals surface area (Å²) in [5, 5.41) is 17.8. The van der Waals surface area contributed by atoms with Crippen molar-refractivity contribution in [3.05, 3.63) is 0 Å². The molecular formula is C7H16O8S. The molecule has 0 spiro atoms. The Hall–Kier alpha value is -0.290. The maximum atomic E-state index is 10.4. The smallest absolute Gasteiger partial charge is 0.394 e. The minimum Gasteiger partial charge on any atom is -0.394 e. The van der Waals surface area contributed by atoms with Gasteiger partial charge in [0.15, 0.2) is 6.29 Å². The highest BCUT2D eigenvalue weighted by Crippen LogP contribution is 2.06. The summed E-state index contributed by atoms with van der Waals surface area (Å²) in [5.41, 5.74) is 0. The molecule has 0 radical (unpaired) electrons. The van der Waals surface area contributed by atoms with E-state index in [0.29, 0.717) is 0 Å². The van der Waals surface area contributed by atoms with Gasteiger partial charge in [-0.1, -0.05) is 0 Å². The molecule has 0 saturated heterocycles. The summed E-state index contributed by atoms with van der Waals surface area (Å²) in [6.45, 7) is 0.442. The van der Waals surface area contributed by atoms with Crippen molar-refractivity contribution >= 4 is 10.4 Å². The van der Waals surface area contributed by atoms with Crippen molar-refractivity contribution in [1.29, 1.82) is 0 Å². The van der Waals surface area contributed by atoms with Crippen molar-refractivity contribution in [1.82, 2.24) is 0 Å². The minimum absolute atomic E-state index is 0.365. The Labute approximate surface area is 93.7 Å². The molecule has 3 N–H and O–H groups in total. The average Bonchev–Trinajstić information content (AvgIpc) is 2.20. The first-order chi connectivity index (χ1) is 7.30. The van der Waals surface area contributed by atoms with E-state index in [9.17, 15) is 13.5 Å². The Bertz CT molecular complexity index is 276. The lowest BCUT2D eigenvalue weighted by molar-refractivity contribution is -0.142. The fourth-order valence-electron chi connectivity index (χ4n) is 0.775. The van der Waals surface area contributed by atoms with Crippen LogP contribution in [0, 0.1) is 0 Å². The van der Waals surface area contributed by atoms with Crippen LogP contribution in [0.3, 0.4) is 0 Å². The minimum atomic E-state index is -4.72. The van der Waals surface area contributed by atoms with Gasteiger partial charge in [0.2, 0.25) is 0 Å². The highest BCUT2D eigenvalue weighted by molar-refractivity contribution is 7.80. The van der Waals surface area contributed by atoms with Gasteiger partial charge in [0, 0.05) is 7.11 Å². The molecule has 0 amide bonds. The first-order valence-electron chi connectivity index (χ1n) is 4.39. The summed E-state index contributed by atoms with van der Waals surface area (Å²) in [5.74, 6) is 0. The first-order valence-corrected chi connectivity index (χ1v) is 5.75. The van der Waals surface area contributed by atoms with Crippen LogP contribution in [0.1, 0.15) is 6.92 Å². The number of hydrogen-bond donors (Lipinski definition) is 3. The van der Waals surface area contributed by atoms with Gasteiger partial charge in [-0.3, -0.25) is 4.55 Å². The van der Waals surface area contributed by atoms with Gasteiger partial charge < -0.3 is 19.7 Å². The molecule has 0 aromatic carbocycles. The zero-order valence-corrected chi connectivity index (χ0v) is 9.75. The SMILES string of the molecule is COC(C)OC[C@@H](OS(=O)(=O)O)C(O)CO. The van der Waals surface area contributed by atoms with E-state index < -0.39 is 35.5 Å². The van der Waals surface area contributed by atoms with Crippen LogP contribution < -0.4 is 0 Å². The maximum absolute atomic E-state index is 10.4. The molecule has 9 heteroatoms. The van der Waals surface area contributed by atoms with Crippen molar-refractivity contribution in [2.24, 2.45) is 0 Å². The second-order valence-corrected chi connectivity index (χ2v) is 4.00. The number of aliphatic hydroxyl groups is 2. The molecule has 0 aliphatic rings. The van der Waals surface area contributed by atoms with Crippen molar-refractivity contribution in [3.8, 4) is 0 Å². The lowest BCUT2D eigenvalue weighted by Crippen LogP contribution is -2.38. The van der Waals surface area contributed by atoms with Crippen molar-refractivity contribution in [2.45, 2.75) is 25.4 Å². The normalized spacial score (nSPS) is 18.1. The number of aliphatic hydroxyl groups excluding tert-OH is 2. The van der Waals surface area contributed by atoms with Crippen molar-refractivity contribution < 1.29 is 36.8 Å². The van der Waals surface area contributed by atoms with Crippen LogP contribution in [0.4, 0.5) is 0 Å². The van der Waals surface area contributed by atoms with E-state index in [1.54, 1.807) is 0 Å². The molecule has 2 unspecified atom stereocenters. The van der Waals surface area contributed by atoms with E-state index >= 15 is 0 Å². The number of methoxy groups -OCH3 is 1. The number of rotatable bonds is 8. The average molecular weight is 260 g/mol. The zero-order chi connectivity index (χ0) is 12.8. The monoisotopic (exact) mass is 260 g/mol. The van der Waals surface area contributed by atoms with Crippen LogP contribution in [-0.4, -0.2) is 62.0 Å². The van der Waals surface area contributed by atoms with E-state index in [1.165, 1.54) is 14.0 Å². The third kappa shape index (κ3) is 7.06. The molecule has 0 fully saturated rings. The molecule has 3 atom stereocenters. The third-order valence-electron chi connectivity index (χ3n) is 1.69. The van der Waals surface area contributed by atoms with E-state index in [-0.39, 0.29) is 6.61 Å². The largest absolute Gasteiger partial charge is 0.397 e. The fourth-order valence-corrected chi connectivity index (χ4v) is 1.27. The molecule has 0 rings (SSSR count). The predicted octanol–water partition coefficient (Wildman–Crippen LogP) is -1.46. The predicted molar refractivity (Wildman–Crippen MR) is 51.9 cm³/mol. The van der Waals surface area contributed by atoms with Gasteiger partial charge in [-0.05, 0) is 6.92 Å². The summed E-state index contributed by atoms with van der Waals surface area (Å²) >= 11 is 0. The van der Waals surface area contributed by atoms with Gasteiger partial charge in [0.05, 0.1) is 13.2 Å². The molecule has 0 saturated carbocycles. The Balaban J connectivity index is 4.33.